The highest BCUT2D eigenvalue weighted by Gasteiger charge is 2.10. The van der Waals surface area contributed by atoms with Gasteiger partial charge in [-0.15, -0.1) is 11.3 Å². The maximum absolute atomic E-state index is 10.5. The van der Waals surface area contributed by atoms with Gasteiger partial charge in [-0.3, -0.25) is 10.1 Å². The fourth-order valence-electron chi connectivity index (χ4n) is 1.69. The number of rotatable bonds is 4. The Morgan fingerprint density at radius 2 is 2.05 bits per heavy atom. The van der Waals surface area contributed by atoms with E-state index in [1.165, 1.54) is 29.7 Å². The molecule has 7 heteroatoms. The third-order valence-corrected chi connectivity index (χ3v) is 3.41. The first-order valence-corrected chi connectivity index (χ1v) is 6.89. The largest absolute Gasteiger partial charge is 0.433 e. The van der Waals surface area contributed by atoms with Crippen molar-refractivity contribution in [2.45, 2.75) is 0 Å². The molecule has 0 aliphatic rings. The molecule has 0 aliphatic heterocycles. The molecule has 0 fully saturated rings. The van der Waals surface area contributed by atoms with Crippen LogP contribution in [0.1, 0.15) is 5.76 Å². The molecular weight excluding hydrogens is 290 g/mol. The molecule has 1 aromatic carbocycles. The van der Waals surface area contributed by atoms with E-state index in [0.717, 1.165) is 11.3 Å². The molecule has 2 heterocycles. The second-order valence-electron chi connectivity index (χ2n) is 4.07. The van der Waals surface area contributed by atoms with E-state index in [1.54, 1.807) is 0 Å². The van der Waals surface area contributed by atoms with Crippen molar-refractivity contribution < 1.29 is 9.34 Å². The van der Waals surface area contributed by atoms with Crippen LogP contribution < -0.4 is 0 Å². The minimum Gasteiger partial charge on any atom is -0.400 e. The number of aromatic nitrogens is 1. The minimum atomic E-state index is -0.589. The van der Waals surface area contributed by atoms with Crippen molar-refractivity contribution in [3.63, 3.8) is 0 Å². The molecule has 0 spiro atoms. The standard InChI is InChI=1S/C14H9N3O3S/c18-17(19)13-7-6-11(20-13)8-15-14-16-12(9-21-14)10-4-2-1-3-5-10/h1-9H/b15-8+. The minimum absolute atomic E-state index is 0.305. The zero-order valence-corrected chi connectivity index (χ0v) is 11.5. The summed E-state index contributed by atoms with van der Waals surface area (Å²) in [6.45, 7) is 0. The predicted octanol–water partition coefficient (Wildman–Crippen LogP) is 4.06. The smallest absolute Gasteiger partial charge is 0.400 e. The molecule has 3 rings (SSSR count). The topological polar surface area (TPSA) is 81.5 Å². The Balaban J connectivity index is 1.77. The number of nitro groups is 1. The highest BCUT2D eigenvalue weighted by atomic mass is 32.1. The van der Waals surface area contributed by atoms with E-state index in [1.807, 2.05) is 35.7 Å². The number of hydrogen-bond acceptors (Lipinski definition) is 6. The lowest BCUT2D eigenvalue weighted by Crippen LogP contribution is -1.83. The van der Waals surface area contributed by atoms with E-state index in [2.05, 4.69) is 9.98 Å². The predicted molar refractivity (Wildman–Crippen MR) is 80.2 cm³/mol. The van der Waals surface area contributed by atoms with Crippen LogP contribution in [0.5, 0.6) is 0 Å². The number of aliphatic imine (C=N–C) groups is 1. The molecule has 104 valence electrons. The fourth-order valence-corrected chi connectivity index (χ4v) is 2.36. The molecule has 6 nitrogen and oxygen atoms in total. The Labute approximate surface area is 123 Å². The van der Waals surface area contributed by atoms with Gasteiger partial charge < -0.3 is 4.42 Å². The quantitative estimate of drug-likeness (QED) is 0.413. The van der Waals surface area contributed by atoms with Crippen LogP contribution in [0.15, 0.2) is 57.3 Å². The normalized spacial score (nSPS) is 11.0. The zero-order chi connectivity index (χ0) is 14.7. The van der Waals surface area contributed by atoms with Crippen LogP contribution in [0.2, 0.25) is 0 Å². The van der Waals surface area contributed by atoms with Gasteiger partial charge in [0.2, 0.25) is 5.13 Å². The monoisotopic (exact) mass is 299 g/mol. The molecule has 0 amide bonds. The summed E-state index contributed by atoms with van der Waals surface area (Å²) >= 11 is 1.39. The van der Waals surface area contributed by atoms with Gasteiger partial charge in [-0.25, -0.2) is 9.98 Å². The van der Waals surface area contributed by atoms with Crippen molar-refractivity contribution >= 4 is 28.6 Å². The average Bonchev–Trinajstić information content (AvgIpc) is 3.15. The number of thiazole rings is 1. The van der Waals surface area contributed by atoms with Crippen molar-refractivity contribution in [3.8, 4) is 11.3 Å². The molecule has 21 heavy (non-hydrogen) atoms. The number of nitrogens with zero attached hydrogens (tertiary/aromatic N) is 3. The molecule has 3 aromatic rings. The van der Waals surface area contributed by atoms with Gasteiger partial charge in [0, 0.05) is 10.9 Å². The van der Waals surface area contributed by atoms with Gasteiger partial charge in [0.25, 0.3) is 0 Å². The van der Waals surface area contributed by atoms with Crippen LogP contribution >= 0.6 is 11.3 Å². The van der Waals surface area contributed by atoms with Crippen LogP contribution in [-0.2, 0) is 0 Å². The molecule has 0 atom stereocenters. The second-order valence-corrected chi connectivity index (χ2v) is 4.91. The third kappa shape index (κ3) is 3.03. The van der Waals surface area contributed by atoms with Gasteiger partial charge in [0.1, 0.15) is 4.92 Å². The van der Waals surface area contributed by atoms with Crippen molar-refractivity contribution in [2.75, 3.05) is 0 Å². The molecule has 0 bridgehead atoms. The Kier molecular flexibility index (Phi) is 3.57. The Hall–Kier alpha value is -2.80. The third-order valence-electron chi connectivity index (χ3n) is 2.66. The summed E-state index contributed by atoms with van der Waals surface area (Å²) in [5, 5.41) is 13.0. The summed E-state index contributed by atoms with van der Waals surface area (Å²) in [4.78, 5) is 18.5. The maximum atomic E-state index is 10.5. The Morgan fingerprint density at radius 1 is 1.24 bits per heavy atom. The number of hydrogen-bond donors (Lipinski definition) is 0. The van der Waals surface area contributed by atoms with E-state index in [0.29, 0.717) is 10.9 Å². The summed E-state index contributed by atoms with van der Waals surface area (Å²) in [6.07, 6.45) is 1.42. The van der Waals surface area contributed by atoms with E-state index in [-0.39, 0.29) is 5.88 Å². The molecule has 0 saturated carbocycles. The Bertz CT molecular complexity index is 793. The first-order chi connectivity index (χ1) is 10.2. The summed E-state index contributed by atoms with van der Waals surface area (Å²) in [5.74, 6) is 0.0127. The molecule has 0 saturated heterocycles. The highest BCUT2D eigenvalue weighted by molar-refractivity contribution is 7.13. The zero-order valence-electron chi connectivity index (χ0n) is 10.7. The van der Waals surface area contributed by atoms with E-state index in [4.69, 9.17) is 4.42 Å². The lowest BCUT2D eigenvalue weighted by Gasteiger charge is -1.93. The van der Waals surface area contributed by atoms with E-state index >= 15 is 0 Å². The number of furan rings is 1. The van der Waals surface area contributed by atoms with Crippen LogP contribution in [0.4, 0.5) is 11.0 Å². The van der Waals surface area contributed by atoms with Gasteiger partial charge in [-0.1, -0.05) is 30.3 Å². The van der Waals surface area contributed by atoms with Crippen LogP contribution in [-0.4, -0.2) is 16.1 Å². The summed E-state index contributed by atoms with van der Waals surface area (Å²) < 4.78 is 4.99. The second kappa shape index (κ2) is 5.68. The maximum Gasteiger partial charge on any atom is 0.433 e. The van der Waals surface area contributed by atoms with E-state index in [9.17, 15) is 10.1 Å². The van der Waals surface area contributed by atoms with Gasteiger partial charge in [0.15, 0.2) is 5.76 Å². The van der Waals surface area contributed by atoms with Crippen LogP contribution in [0.25, 0.3) is 11.3 Å². The van der Waals surface area contributed by atoms with Gasteiger partial charge in [-0.2, -0.15) is 0 Å². The van der Waals surface area contributed by atoms with Crippen molar-refractivity contribution in [1.29, 1.82) is 0 Å². The average molecular weight is 299 g/mol. The first kappa shape index (κ1) is 13.2. The van der Waals surface area contributed by atoms with E-state index < -0.39 is 4.92 Å². The molecule has 0 N–H and O–H groups in total. The molecular formula is C14H9N3O3S. The summed E-state index contributed by atoms with van der Waals surface area (Å²) in [6, 6.07) is 12.6. The molecule has 0 radical (unpaired) electrons. The Morgan fingerprint density at radius 3 is 2.76 bits per heavy atom. The lowest BCUT2D eigenvalue weighted by atomic mass is 10.2. The van der Waals surface area contributed by atoms with Crippen molar-refractivity contribution in [1.82, 2.24) is 4.98 Å². The molecule has 0 unspecified atom stereocenters. The summed E-state index contributed by atoms with van der Waals surface area (Å²) in [7, 11) is 0. The lowest BCUT2D eigenvalue weighted by molar-refractivity contribution is -0.402. The number of benzene rings is 1. The van der Waals surface area contributed by atoms with Gasteiger partial charge in [-0.05, 0) is 6.07 Å². The van der Waals surface area contributed by atoms with Crippen molar-refractivity contribution in [2.24, 2.45) is 4.99 Å². The fraction of sp³-hybridized carbons (Fsp3) is 0. The highest BCUT2D eigenvalue weighted by Crippen LogP contribution is 2.26. The molecule has 2 aromatic heterocycles. The SMILES string of the molecule is O=[N+]([O-])c1ccc(/C=N/c2nc(-c3ccccc3)cs2)o1. The van der Waals surface area contributed by atoms with Crippen LogP contribution in [0, 0.1) is 10.1 Å². The van der Waals surface area contributed by atoms with Crippen molar-refractivity contribution in [3.05, 3.63) is 63.7 Å². The summed E-state index contributed by atoms with van der Waals surface area (Å²) in [5.41, 5.74) is 1.86. The van der Waals surface area contributed by atoms with Gasteiger partial charge in [0.05, 0.1) is 18.0 Å². The first-order valence-electron chi connectivity index (χ1n) is 6.01. The van der Waals surface area contributed by atoms with Crippen LogP contribution in [0.3, 0.4) is 0 Å². The van der Waals surface area contributed by atoms with Gasteiger partial charge >= 0.3 is 5.88 Å². The molecule has 0 aliphatic carbocycles.